The monoisotopic (exact) mass is 556 g/mol. The fourth-order valence-electron chi connectivity index (χ4n) is 8.22. The zero-order valence-corrected chi connectivity index (χ0v) is 24.2. The van der Waals surface area contributed by atoms with Crippen LogP contribution in [0.25, 0.3) is 6.08 Å². The molecule has 2 bridgehead atoms. The van der Waals surface area contributed by atoms with E-state index in [0.717, 1.165) is 55.5 Å². The van der Waals surface area contributed by atoms with Gasteiger partial charge in [0, 0.05) is 54.7 Å². The molecule has 7 heteroatoms. The number of ether oxygens (including phenoxy) is 2. The lowest BCUT2D eigenvalue weighted by Gasteiger charge is -2.60. The summed E-state index contributed by atoms with van der Waals surface area (Å²) in [5.41, 5.74) is 2.56. The molecule has 1 amide bonds. The number of likely N-dealkylation sites (tertiary alicyclic amines) is 1. The van der Waals surface area contributed by atoms with E-state index in [2.05, 4.69) is 25.3 Å². The number of carbonyl (C=O) groups excluding carboxylic acids is 2. The van der Waals surface area contributed by atoms with Crippen molar-refractivity contribution in [2.24, 2.45) is 11.8 Å². The molecule has 2 heterocycles. The van der Waals surface area contributed by atoms with Gasteiger partial charge < -0.3 is 19.5 Å². The topological polar surface area (TPSA) is 79.3 Å². The third-order valence-corrected chi connectivity index (χ3v) is 9.57. The van der Waals surface area contributed by atoms with Crippen LogP contribution in [0.15, 0.2) is 55.1 Å². The van der Waals surface area contributed by atoms with Crippen LogP contribution in [0.5, 0.6) is 17.2 Å². The van der Waals surface area contributed by atoms with Crippen molar-refractivity contribution in [3.05, 3.63) is 71.8 Å². The van der Waals surface area contributed by atoms with E-state index in [1.807, 2.05) is 47.4 Å². The largest absolute Gasteiger partial charge is 0.504 e. The number of phenols is 1. The number of esters is 1. The summed E-state index contributed by atoms with van der Waals surface area (Å²) in [6.07, 6.45) is 8.56. The minimum absolute atomic E-state index is 0.000967. The van der Waals surface area contributed by atoms with Crippen LogP contribution in [0.1, 0.15) is 56.7 Å². The molecule has 1 spiro atoms. The summed E-state index contributed by atoms with van der Waals surface area (Å²) in [6, 6.07) is 11.5. The Kier molecular flexibility index (Phi) is 7.18. The smallest absolute Gasteiger partial charge is 0.308 e. The van der Waals surface area contributed by atoms with Gasteiger partial charge in [-0.05, 0) is 55.7 Å². The van der Waals surface area contributed by atoms with Gasteiger partial charge in [0.05, 0.1) is 6.04 Å². The van der Waals surface area contributed by atoms with Gasteiger partial charge in [-0.15, -0.1) is 6.58 Å². The molecule has 41 heavy (non-hydrogen) atoms. The number of rotatable bonds is 8. The molecule has 216 valence electrons. The van der Waals surface area contributed by atoms with Crippen molar-refractivity contribution in [3.8, 4) is 17.2 Å². The number of nitrogens with zero attached hydrogens (tertiary/aromatic N) is 2. The summed E-state index contributed by atoms with van der Waals surface area (Å²) in [7, 11) is 0. The number of benzene rings is 2. The highest BCUT2D eigenvalue weighted by Gasteiger charge is 2.67. The first-order chi connectivity index (χ1) is 19.7. The van der Waals surface area contributed by atoms with E-state index in [1.54, 1.807) is 6.08 Å². The predicted octanol–water partition coefficient (Wildman–Crippen LogP) is 5.11. The third-order valence-electron chi connectivity index (χ3n) is 9.57. The molecule has 2 fully saturated rings. The van der Waals surface area contributed by atoms with E-state index in [0.29, 0.717) is 24.0 Å². The Bertz CT molecular complexity index is 1390. The molecule has 6 rings (SSSR count). The Balaban J connectivity index is 1.44. The van der Waals surface area contributed by atoms with E-state index in [9.17, 15) is 14.7 Å². The first-order valence-corrected chi connectivity index (χ1v) is 14.9. The lowest BCUT2D eigenvalue weighted by Crippen LogP contribution is -2.69. The average Bonchev–Trinajstić information content (AvgIpc) is 3.29. The Morgan fingerprint density at radius 3 is 2.76 bits per heavy atom. The zero-order chi connectivity index (χ0) is 28.9. The third kappa shape index (κ3) is 4.55. The van der Waals surface area contributed by atoms with Crippen molar-refractivity contribution in [1.82, 2.24) is 9.80 Å². The number of piperidine rings is 1. The lowest BCUT2D eigenvalue weighted by molar-refractivity contribution is -0.138. The van der Waals surface area contributed by atoms with Gasteiger partial charge in [0.1, 0.15) is 11.9 Å². The molecule has 2 aliphatic carbocycles. The van der Waals surface area contributed by atoms with Gasteiger partial charge in [-0.3, -0.25) is 14.5 Å². The number of hydrogen-bond acceptors (Lipinski definition) is 6. The number of amides is 1. The lowest BCUT2D eigenvalue weighted by atomic mass is 9.50. The van der Waals surface area contributed by atoms with Crippen molar-refractivity contribution in [3.63, 3.8) is 0 Å². The van der Waals surface area contributed by atoms with Gasteiger partial charge in [0.2, 0.25) is 5.91 Å². The first-order valence-electron chi connectivity index (χ1n) is 14.9. The van der Waals surface area contributed by atoms with Crippen LogP contribution in [-0.4, -0.2) is 64.6 Å². The van der Waals surface area contributed by atoms with Gasteiger partial charge in [-0.1, -0.05) is 50.3 Å². The van der Waals surface area contributed by atoms with Crippen molar-refractivity contribution < 1.29 is 24.2 Å². The Hall–Kier alpha value is -3.58. The maximum absolute atomic E-state index is 13.9. The molecular weight excluding hydrogens is 516 g/mol. The first kappa shape index (κ1) is 27.6. The highest BCUT2D eigenvalue weighted by atomic mass is 16.5. The quantitative estimate of drug-likeness (QED) is 0.211. The molecule has 7 nitrogen and oxygen atoms in total. The standard InChI is InChI=1S/C34H40N2O5/c1-5-16-35-17-15-34-25-12-13-26(36(20-21(2)3)30(39)14-11-23-9-7-6-8-10-23)33(34)41-32-28(38)19-29(40-22(4)37)24(31(32)34)18-27(25)35/h5-11,14,19,21,25-27,33,38H,1,12-13,15-18,20H2,2-4H3/t25-,26+,27+,33-,34-/m0/s1. The van der Waals surface area contributed by atoms with Crippen molar-refractivity contribution in [2.45, 2.75) is 70.1 Å². The minimum atomic E-state index is -0.413. The Morgan fingerprint density at radius 1 is 1.27 bits per heavy atom. The van der Waals surface area contributed by atoms with E-state index in [4.69, 9.17) is 9.47 Å². The molecule has 5 atom stereocenters. The summed E-state index contributed by atoms with van der Waals surface area (Å²) >= 11 is 0. The van der Waals surface area contributed by atoms with Crippen molar-refractivity contribution in [2.75, 3.05) is 19.6 Å². The maximum atomic E-state index is 13.9. The summed E-state index contributed by atoms with van der Waals surface area (Å²) in [4.78, 5) is 30.5. The molecule has 1 saturated heterocycles. The highest BCUT2D eigenvalue weighted by Crippen LogP contribution is 2.65. The van der Waals surface area contributed by atoms with Gasteiger partial charge in [-0.2, -0.15) is 0 Å². The van der Waals surface area contributed by atoms with Gasteiger partial charge in [0.15, 0.2) is 11.5 Å². The molecule has 2 aromatic carbocycles. The van der Waals surface area contributed by atoms with Crippen LogP contribution in [0.4, 0.5) is 0 Å². The summed E-state index contributed by atoms with van der Waals surface area (Å²) in [5, 5.41) is 11.2. The van der Waals surface area contributed by atoms with E-state index in [1.165, 1.54) is 13.0 Å². The zero-order valence-electron chi connectivity index (χ0n) is 24.2. The number of hydrogen-bond donors (Lipinski definition) is 1. The predicted molar refractivity (Wildman–Crippen MR) is 158 cm³/mol. The van der Waals surface area contributed by atoms with Crippen molar-refractivity contribution in [1.29, 1.82) is 0 Å². The Labute approximate surface area is 242 Å². The fraction of sp³-hybridized carbons (Fsp3) is 0.471. The average molecular weight is 557 g/mol. The molecule has 4 aliphatic rings. The highest BCUT2D eigenvalue weighted by molar-refractivity contribution is 5.92. The van der Waals surface area contributed by atoms with Crippen LogP contribution in [0.2, 0.25) is 0 Å². The van der Waals surface area contributed by atoms with Crippen LogP contribution in [0, 0.1) is 11.8 Å². The number of carbonyl (C=O) groups is 2. The molecule has 1 saturated carbocycles. The Morgan fingerprint density at radius 2 is 2.05 bits per heavy atom. The van der Waals surface area contributed by atoms with Crippen LogP contribution >= 0.6 is 0 Å². The van der Waals surface area contributed by atoms with Crippen molar-refractivity contribution >= 4 is 18.0 Å². The van der Waals surface area contributed by atoms with Crippen LogP contribution < -0.4 is 9.47 Å². The second-order valence-electron chi connectivity index (χ2n) is 12.4. The van der Waals surface area contributed by atoms with Crippen LogP contribution in [0.3, 0.4) is 0 Å². The van der Waals surface area contributed by atoms with E-state index in [-0.39, 0.29) is 41.2 Å². The maximum Gasteiger partial charge on any atom is 0.308 e. The minimum Gasteiger partial charge on any atom is -0.504 e. The molecule has 1 N–H and O–H groups in total. The normalized spacial score (nSPS) is 27.8. The fourth-order valence-corrected chi connectivity index (χ4v) is 8.22. The molecule has 0 aromatic heterocycles. The van der Waals surface area contributed by atoms with Gasteiger partial charge >= 0.3 is 5.97 Å². The molecular formula is C34H40N2O5. The number of aromatic hydroxyl groups is 1. The molecule has 0 unspecified atom stereocenters. The van der Waals surface area contributed by atoms with E-state index < -0.39 is 5.97 Å². The van der Waals surface area contributed by atoms with Crippen LogP contribution in [-0.2, 0) is 21.4 Å². The summed E-state index contributed by atoms with van der Waals surface area (Å²) < 4.78 is 12.5. The SMILES string of the molecule is C=CCN1CC[C@]23c4c5c(OC(C)=O)cc(O)c4O[C@H]2[C@H](N(CC(C)C)C(=O)C=Cc2ccccc2)CC[C@H]3[C@H]1C5. The van der Waals surface area contributed by atoms with Gasteiger partial charge in [0.25, 0.3) is 0 Å². The second kappa shape index (κ2) is 10.7. The van der Waals surface area contributed by atoms with E-state index >= 15 is 0 Å². The summed E-state index contributed by atoms with van der Waals surface area (Å²) in [6.45, 7) is 11.9. The molecule has 2 aromatic rings. The number of phenolic OH excluding ortho intramolecular Hbond substituents is 1. The second-order valence-corrected chi connectivity index (χ2v) is 12.4. The summed E-state index contributed by atoms with van der Waals surface area (Å²) in [5.74, 6) is 1.06. The molecule has 2 aliphatic heterocycles. The molecule has 0 radical (unpaired) electrons. The van der Waals surface area contributed by atoms with Gasteiger partial charge in [-0.25, -0.2) is 0 Å².